The monoisotopic (exact) mass is 212 g/mol. The molecule has 0 spiro atoms. The summed E-state index contributed by atoms with van der Waals surface area (Å²) in [6, 6.07) is 0.948. The molecule has 1 saturated carbocycles. The summed E-state index contributed by atoms with van der Waals surface area (Å²) in [5, 5.41) is 0. The van der Waals surface area contributed by atoms with Crippen molar-refractivity contribution in [2.45, 2.75) is 58.0 Å². The molecule has 1 aliphatic carbocycles. The first-order chi connectivity index (χ1) is 7.19. The minimum absolute atomic E-state index is 0.473. The summed E-state index contributed by atoms with van der Waals surface area (Å²) in [5.41, 5.74) is 2.72. The van der Waals surface area contributed by atoms with Crippen molar-refractivity contribution in [2.24, 2.45) is 10.8 Å². The van der Waals surface area contributed by atoms with Crippen molar-refractivity contribution >= 4 is 5.96 Å². The van der Waals surface area contributed by atoms with Crippen LogP contribution < -0.4 is 11.3 Å². The van der Waals surface area contributed by atoms with Crippen LogP contribution in [0.1, 0.15) is 46.0 Å². The molecule has 0 bridgehead atoms. The molecule has 4 heteroatoms. The molecule has 0 saturated heterocycles. The quantitative estimate of drug-likeness (QED) is 0.322. The van der Waals surface area contributed by atoms with Crippen LogP contribution in [0.2, 0.25) is 0 Å². The number of nitrogens with one attached hydrogen (secondary N) is 1. The van der Waals surface area contributed by atoms with E-state index in [2.05, 4.69) is 29.2 Å². The maximum Gasteiger partial charge on any atom is 0.208 e. The molecule has 1 fully saturated rings. The Morgan fingerprint density at radius 2 is 2.13 bits per heavy atom. The third kappa shape index (κ3) is 3.38. The van der Waals surface area contributed by atoms with E-state index in [1.165, 1.54) is 25.7 Å². The Hall–Kier alpha value is -0.770. The molecule has 0 aromatic rings. The topological polar surface area (TPSA) is 53.6 Å². The van der Waals surface area contributed by atoms with E-state index in [0.717, 1.165) is 12.4 Å². The van der Waals surface area contributed by atoms with Crippen LogP contribution in [0.15, 0.2) is 4.99 Å². The Bertz CT molecular complexity index is 209. The summed E-state index contributed by atoms with van der Waals surface area (Å²) < 4.78 is 0. The second kappa shape index (κ2) is 5.95. The fourth-order valence-electron chi connectivity index (χ4n) is 1.92. The Morgan fingerprint density at radius 1 is 1.53 bits per heavy atom. The van der Waals surface area contributed by atoms with Gasteiger partial charge in [-0.3, -0.25) is 5.43 Å². The van der Waals surface area contributed by atoms with Crippen molar-refractivity contribution in [1.82, 2.24) is 10.3 Å². The number of rotatable bonds is 3. The largest absolute Gasteiger partial charge is 0.342 e. The molecular weight excluding hydrogens is 188 g/mol. The van der Waals surface area contributed by atoms with Gasteiger partial charge in [-0.15, -0.1) is 0 Å². The van der Waals surface area contributed by atoms with Crippen molar-refractivity contribution < 1.29 is 0 Å². The average Bonchev–Trinajstić information content (AvgIpc) is 2.76. The van der Waals surface area contributed by atoms with Crippen LogP contribution in [0.25, 0.3) is 0 Å². The highest BCUT2D eigenvalue weighted by Gasteiger charge is 2.17. The molecule has 0 aliphatic heterocycles. The third-order valence-electron chi connectivity index (χ3n) is 3.34. The van der Waals surface area contributed by atoms with E-state index in [1.807, 2.05) is 7.05 Å². The van der Waals surface area contributed by atoms with Crippen LogP contribution in [-0.2, 0) is 0 Å². The van der Waals surface area contributed by atoms with Crippen LogP contribution in [0, 0.1) is 0 Å². The Balaban J connectivity index is 2.59. The summed E-state index contributed by atoms with van der Waals surface area (Å²) in [7, 11) is 2.04. The summed E-state index contributed by atoms with van der Waals surface area (Å²) in [5.74, 6) is 6.35. The normalized spacial score (nSPS) is 20.4. The van der Waals surface area contributed by atoms with Gasteiger partial charge in [-0.1, -0.05) is 19.8 Å². The van der Waals surface area contributed by atoms with Crippen molar-refractivity contribution in [3.63, 3.8) is 0 Å². The van der Waals surface area contributed by atoms with Gasteiger partial charge in [0.2, 0.25) is 5.96 Å². The zero-order valence-electron chi connectivity index (χ0n) is 10.2. The van der Waals surface area contributed by atoms with Crippen molar-refractivity contribution in [1.29, 1.82) is 0 Å². The van der Waals surface area contributed by atoms with Gasteiger partial charge in [0.1, 0.15) is 0 Å². The average molecular weight is 212 g/mol. The summed E-state index contributed by atoms with van der Waals surface area (Å²) >= 11 is 0. The lowest BCUT2D eigenvalue weighted by Gasteiger charge is -2.27. The van der Waals surface area contributed by atoms with E-state index in [9.17, 15) is 0 Å². The van der Waals surface area contributed by atoms with Gasteiger partial charge in [0.05, 0.1) is 6.04 Å². The highest BCUT2D eigenvalue weighted by Crippen LogP contribution is 2.21. The van der Waals surface area contributed by atoms with Gasteiger partial charge in [0.15, 0.2) is 0 Å². The van der Waals surface area contributed by atoms with E-state index >= 15 is 0 Å². The number of aliphatic imine (C=N–C) groups is 1. The second-order valence-corrected chi connectivity index (χ2v) is 4.40. The van der Waals surface area contributed by atoms with E-state index in [4.69, 9.17) is 5.84 Å². The summed E-state index contributed by atoms with van der Waals surface area (Å²) in [4.78, 5) is 6.79. The van der Waals surface area contributed by atoms with Crippen molar-refractivity contribution in [2.75, 3.05) is 7.05 Å². The van der Waals surface area contributed by atoms with Crippen molar-refractivity contribution in [3.05, 3.63) is 0 Å². The molecule has 0 aromatic carbocycles. The molecule has 4 nitrogen and oxygen atoms in total. The molecule has 0 heterocycles. The molecule has 1 atom stereocenters. The van der Waals surface area contributed by atoms with E-state index in [1.54, 1.807) is 0 Å². The molecule has 0 aromatic heterocycles. The maximum atomic E-state index is 5.52. The fourth-order valence-corrected chi connectivity index (χ4v) is 1.92. The zero-order chi connectivity index (χ0) is 11.3. The molecule has 1 rings (SSSR count). The minimum Gasteiger partial charge on any atom is -0.342 e. The van der Waals surface area contributed by atoms with E-state index in [0.29, 0.717) is 12.1 Å². The molecule has 88 valence electrons. The van der Waals surface area contributed by atoms with Crippen molar-refractivity contribution in [3.8, 4) is 0 Å². The molecule has 3 N–H and O–H groups in total. The van der Waals surface area contributed by atoms with Gasteiger partial charge in [0.25, 0.3) is 0 Å². The molecular formula is C11H24N4. The maximum absolute atomic E-state index is 5.52. The molecule has 0 radical (unpaired) electrons. The predicted molar refractivity (Wildman–Crippen MR) is 64.5 cm³/mol. The Kier molecular flexibility index (Phi) is 4.88. The number of hydrogen-bond donors (Lipinski definition) is 2. The van der Waals surface area contributed by atoms with Gasteiger partial charge in [-0.05, 0) is 26.2 Å². The Labute approximate surface area is 92.9 Å². The number of hydrogen-bond acceptors (Lipinski definition) is 2. The highest BCUT2D eigenvalue weighted by atomic mass is 15.4. The molecule has 15 heavy (non-hydrogen) atoms. The number of nitrogens with zero attached hydrogens (tertiary/aromatic N) is 2. The first-order valence-corrected chi connectivity index (χ1v) is 5.96. The molecule has 0 amide bonds. The van der Waals surface area contributed by atoms with Gasteiger partial charge in [-0.25, -0.2) is 10.8 Å². The predicted octanol–water partition coefficient (Wildman–Crippen LogP) is 1.48. The fraction of sp³-hybridized carbons (Fsp3) is 0.909. The Morgan fingerprint density at radius 3 is 2.60 bits per heavy atom. The standard InChI is InChI=1S/C11H24N4/c1-4-9(2)15(3)11(14-12)13-10-7-5-6-8-10/h9-10H,4-8,12H2,1-3H3,(H,13,14). The first kappa shape index (κ1) is 12.3. The van der Waals surface area contributed by atoms with Gasteiger partial charge in [-0.2, -0.15) is 0 Å². The number of guanidine groups is 1. The summed E-state index contributed by atoms with van der Waals surface area (Å²) in [6.07, 6.45) is 6.12. The highest BCUT2D eigenvalue weighted by molar-refractivity contribution is 5.79. The first-order valence-electron chi connectivity index (χ1n) is 5.96. The van der Waals surface area contributed by atoms with Gasteiger partial charge in [0, 0.05) is 13.1 Å². The smallest absolute Gasteiger partial charge is 0.208 e. The van der Waals surface area contributed by atoms with Crippen LogP contribution in [0.5, 0.6) is 0 Å². The summed E-state index contributed by atoms with van der Waals surface area (Å²) in [6.45, 7) is 4.35. The van der Waals surface area contributed by atoms with E-state index < -0.39 is 0 Å². The van der Waals surface area contributed by atoms with Gasteiger partial charge < -0.3 is 4.90 Å². The lowest BCUT2D eigenvalue weighted by Crippen LogP contribution is -2.47. The lowest BCUT2D eigenvalue weighted by molar-refractivity contribution is 0.365. The van der Waals surface area contributed by atoms with Gasteiger partial charge >= 0.3 is 0 Å². The second-order valence-electron chi connectivity index (χ2n) is 4.40. The molecule has 1 aliphatic rings. The number of nitrogens with two attached hydrogens (primary N) is 1. The van der Waals surface area contributed by atoms with Crippen LogP contribution in [0.4, 0.5) is 0 Å². The third-order valence-corrected chi connectivity index (χ3v) is 3.34. The van der Waals surface area contributed by atoms with E-state index in [-0.39, 0.29) is 0 Å². The SMILES string of the molecule is CCC(C)N(C)C(=NC1CCCC1)NN. The molecule has 1 unspecified atom stereocenters. The zero-order valence-corrected chi connectivity index (χ0v) is 10.2. The number of hydrazine groups is 1. The lowest BCUT2D eigenvalue weighted by atomic mass is 10.2. The van der Waals surface area contributed by atoms with Crippen LogP contribution in [-0.4, -0.2) is 30.0 Å². The van der Waals surface area contributed by atoms with Crippen LogP contribution in [0.3, 0.4) is 0 Å². The minimum atomic E-state index is 0.473. The van der Waals surface area contributed by atoms with Crippen LogP contribution >= 0.6 is 0 Å².